The maximum atomic E-state index is 10.8. The molecule has 0 spiro atoms. The molecule has 1 aliphatic rings. The Morgan fingerprint density at radius 1 is 1.50 bits per heavy atom. The van der Waals surface area contributed by atoms with Gasteiger partial charge in [0.25, 0.3) is 0 Å². The van der Waals surface area contributed by atoms with Gasteiger partial charge in [0.1, 0.15) is 0 Å². The highest BCUT2D eigenvalue weighted by molar-refractivity contribution is 6.31. The molecule has 0 unspecified atom stereocenters. The zero-order valence-corrected chi connectivity index (χ0v) is 8.51. The highest BCUT2D eigenvalue weighted by Gasteiger charge is 2.20. The van der Waals surface area contributed by atoms with Crippen molar-refractivity contribution in [2.45, 2.75) is 13.1 Å². The van der Waals surface area contributed by atoms with Crippen LogP contribution < -0.4 is 0 Å². The SMILES string of the molecule is CN1Cc2cc(C(=O)O)cc(Cl)c2C1. The van der Waals surface area contributed by atoms with Crippen molar-refractivity contribution in [1.82, 2.24) is 4.90 Å². The lowest BCUT2D eigenvalue weighted by Crippen LogP contribution is -2.07. The molecule has 74 valence electrons. The van der Waals surface area contributed by atoms with E-state index in [-0.39, 0.29) is 5.56 Å². The summed E-state index contributed by atoms with van der Waals surface area (Å²) in [6.07, 6.45) is 0. The molecule has 0 amide bonds. The quantitative estimate of drug-likeness (QED) is 0.772. The second-order valence-electron chi connectivity index (χ2n) is 3.57. The van der Waals surface area contributed by atoms with Crippen LogP contribution in [0.15, 0.2) is 12.1 Å². The van der Waals surface area contributed by atoms with Gasteiger partial charge >= 0.3 is 5.97 Å². The molecular weight excluding hydrogens is 202 g/mol. The lowest BCUT2D eigenvalue weighted by atomic mass is 10.1. The molecule has 0 atom stereocenters. The zero-order chi connectivity index (χ0) is 10.3. The summed E-state index contributed by atoms with van der Waals surface area (Å²) in [5.74, 6) is -0.927. The van der Waals surface area contributed by atoms with Gasteiger partial charge in [-0.25, -0.2) is 4.79 Å². The first-order chi connectivity index (χ1) is 6.58. The summed E-state index contributed by atoms with van der Waals surface area (Å²) in [5.41, 5.74) is 2.35. The second-order valence-corrected chi connectivity index (χ2v) is 3.98. The Morgan fingerprint density at radius 3 is 2.86 bits per heavy atom. The average molecular weight is 212 g/mol. The van der Waals surface area contributed by atoms with Gasteiger partial charge < -0.3 is 5.11 Å². The lowest BCUT2D eigenvalue weighted by molar-refractivity contribution is 0.0697. The zero-order valence-electron chi connectivity index (χ0n) is 7.75. The van der Waals surface area contributed by atoms with Crippen LogP contribution >= 0.6 is 11.6 Å². The number of nitrogens with zero attached hydrogens (tertiary/aromatic N) is 1. The van der Waals surface area contributed by atoms with Crippen LogP contribution in [0.4, 0.5) is 0 Å². The third-order valence-electron chi connectivity index (χ3n) is 2.40. The molecular formula is C10H10ClNO2. The monoisotopic (exact) mass is 211 g/mol. The Bertz CT molecular complexity index is 403. The fourth-order valence-electron chi connectivity index (χ4n) is 1.75. The second kappa shape index (κ2) is 3.26. The van der Waals surface area contributed by atoms with Crippen molar-refractivity contribution in [3.05, 3.63) is 33.8 Å². The first-order valence-electron chi connectivity index (χ1n) is 4.31. The van der Waals surface area contributed by atoms with Gasteiger partial charge in [-0.3, -0.25) is 4.90 Å². The predicted octanol–water partition coefficient (Wildman–Crippen LogP) is 1.98. The average Bonchev–Trinajstić information content (AvgIpc) is 2.45. The van der Waals surface area contributed by atoms with Crippen LogP contribution in [0.1, 0.15) is 21.5 Å². The molecule has 0 aliphatic carbocycles. The first-order valence-corrected chi connectivity index (χ1v) is 4.69. The Morgan fingerprint density at radius 2 is 2.21 bits per heavy atom. The first kappa shape index (κ1) is 9.49. The summed E-state index contributed by atoms with van der Waals surface area (Å²) in [6, 6.07) is 3.22. The summed E-state index contributed by atoms with van der Waals surface area (Å²) in [4.78, 5) is 12.9. The van der Waals surface area contributed by atoms with Crippen LogP contribution in [0, 0.1) is 0 Å². The fourth-order valence-corrected chi connectivity index (χ4v) is 2.05. The molecule has 1 aromatic rings. The van der Waals surface area contributed by atoms with Gasteiger partial charge in [0.15, 0.2) is 0 Å². The molecule has 1 heterocycles. The number of hydrogen-bond acceptors (Lipinski definition) is 2. The van der Waals surface area contributed by atoms with Gasteiger partial charge in [-0.1, -0.05) is 11.6 Å². The Hall–Kier alpha value is -1.06. The van der Waals surface area contributed by atoms with E-state index < -0.39 is 5.97 Å². The van der Waals surface area contributed by atoms with E-state index in [4.69, 9.17) is 16.7 Å². The highest BCUT2D eigenvalue weighted by Crippen LogP contribution is 2.29. The molecule has 0 fully saturated rings. The van der Waals surface area contributed by atoms with E-state index in [9.17, 15) is 4.79 Å². The number of halogens is 1. The number of carboxylic acid groups (broad SMARTS) is 1. The van der Waals surface area contributed by atoms with E-state index in [0.29, 0.717) is 5.02 Å². The summed E-state index contributed by atoms with van der Waals surface area (Å²) in [5, 5.41) is 9.39. The van der Waals surface area contributed by atoms with Crippen LogP contribution in [0.2, 0.25) is 5.02 Å². The molecule has 0 saturated heterocycles. The van der Waals surface area contributed by atoms with Crippen molar-refractivity contribution >= 4 is 17.6 Å². The minimum absolute atomic E-state index is 0.268. The van der Waals surface area contributed by atoms with Crippen molar-refractivity contribution in [2.75, 3.05) is 7.05 Å². The molecule has 1 aliphatic heterocycles. The molecule has 0 radical (unpaired) electrons. The van der Waals surface area contributed by atoms with Crippen molar-refractivity contribution in [3.8, 4) is 0 Å². The molecule has 1 aromatic carbocycles. The van der Waals surface area contributed by atoms with E-state index in [1.54, 1.807) is 6.07 Å². The van der Waals surface area contributed by atoms with Crippen molar-refractivity contribution in [1.29, 1.82) is 0 Å². The molecule has 4 heteroatoms. The molecule has 0 saturated carbocycles. The van der Waals surface area contributed by atoms with Crippen LogP contribution in [0.3, 0.4) is 0 Å². The number of hydrogen-bond donors (Lipinski definition) is 1. The molecule has 14 heavy (non-hydrogen) atoms. The third kappa shape index (κ3) is 1.49. The number of carboxylic acids is 1. The van der Waals surface area contributed by atoms with Gasteiger partial charge in [-0.15, -0.1) is 0 Å². The van der Waals surface area contributed by atoms with Crippen LogP contribution in [0.25, 0.3) is 0 Å². The predicted molar refractivity (Wildman–Crippen MR) is 53.6 cm³/mol. The van der Waals surface area contributed by atoms with Gasteiger partial charge in [0.05, 0.1) is 5.56 Å². The topological polar surface area (TPSA) is 40.5 Å². The van der Waals surface area contributed by atoms with Crippen LogP contribution in [-0.2, 0) is 13.1 Å². The number of rotatable bonds is 1. The minimum atomic E-state index is -0.927. The van der Waals surface area contributed by atoms with Crippen LogP contribution in [-0.4, -0.2) is 23.0 Å². The number of aromatic carboxylic acids is 1. The molecule has 0 bridgehead atoms. The smallest absolute Gasteiger partial charge is 0.335 e. The fraction of sp³-hybridized carbons (Fsp3) is 0.300. The maximum Gasteiger partial charge on any atom is 0.335 e. The minimum Gasteiger partial charge on any atom is -0.478 e. The van der Waals surface area contributed by atoms with E-state index in [2.05, 4.69) is 4.90 Å². The summed E-state index contributed by atoms with van der Waals surface area (Å²) >= 11 is 5.99. The Kier molecular flexibility index (Phi) is 2.21. The van der Waals surface area contributed by atoms with E-state index in [1.807, 2.05) is 7.05 Å². The molecule has 3 nitrogen and oxygen atoms in total. The third-order valence-corrected chi connectivity index (χ3v) is 2.74. The maximum absolute atomic E-state index is 10.8. The Balaban J connectivity index is 2.51. The molecule has 1 N–H and O–H groups in total. The van der Waals surface area contributed by atoms with E-state index >= 15 is 0 Å². The standard InChI is InChI=1S/C10H10ClNO2/c1-12-4-7-2-6(10(13)14)3-9(11)8(7)5-12/h2-3H,4-5H2,1H3,(H,13,14). The number of benzene rings is 1. The number of fused-ring (bicyclic) bond motifs is 1. The van der Waals surface area contributed by atoms with Crippen molar-refractivity contribution < 1.29 is 9.90 Å². The van der Waals surface area contributed by atoms with E-state index in [1.165, 1.54) is 6.07 Å². The van der Waals surface area contributed by atoms with Crippen molar-refractivity contribution in [2.24, 2.45) is 0 Å². The van der Waals surface area contributed by atoms with Gasteiger partial charge in [0.2, 0.25) is 0 Å². The molecule has 2 rings (SSSR count). The summed E-state index contributed by atoms with van der Waals surface area (Å²) in [6.45, 7) is 1.57. The Labute approximate surface area is 86.9 Å². The van der Waals surface area contributed by atoms with Crippen LogP contribution in [0.5, 0.6) is 0 Å². The summed E-state index contributed by atoms with van der Waals surface area (Å²) < 4.78 is 0. The van der Waals surface area contributed by atoms with Crippen molar-refractivity contribution in [3.63, 3.8) is 0 Å². The van der Waals surface area contributed by atoms with Gasteiger partial charge in [-0.2, -0.15) is 0 Å². The largest absolute Gasteiger partial charge is 0.478 e. The normalized spacial score (nSPS) is 15.6. The molecule has 0 aromatic heterocycles. The van der Waals surface area contributed by atoms with Gasteiger partial charge in [0, 0.05) is 18.1 Å². The lowest BCUT2D eigenvalue weighted by Gasteiger charge is -2.03. The summed E-state index contributed by atoms with van der Waals surface area (Å²) in [7, 11) is 1.98. The van der Waals surface area contributed by atoms with E-state index in [0.717, 1.165) is 24.2 Å². The highest BCUT2D eigenvalue weighted by atomic mass is 35.5. The number of carbonyl (C=O) groups is 1. The van der Waals surface area contributed by atoms with Gasteiger partial charge in [-0.05, 0) is 30.3 Å².